The molecule has 1 aliphatic carbocycles. The van der Waals surface area contributed by atoms with Crippen LogP contribution in [0.2, 0.25) is 0 Å². The van der Waals surface area contributed by atoms with Crippen molar-refractivity contribution in [1.29, 1.82) is 0 Å². The van der Waals surface area contributed by atoms with E-state index in [1.165, 1.54) is 17.5 Å². The van der Waals surface area contributed by atoms with E-state index in [0.717, 1.165) is 41.5 Å². The van der Waals surface area contributed by atoms with E-state index >= 15 is 0 Å². The highest BCUT2D eigenvalue weighted by Gasteiger charge is 2.41. The minimum absolute atomic E-state index is 0.0474. The highest BCUT2D eigenvalue weighted by atomic mass is 79.9. The van der Waals surface area contributed by atoms with Crippen molar-refractivity contribution in [2.24, 2.45) is 0 Å². The Morgan fingerprint density at radius 1 is 1.21 bits per heavy atom. The van der Waals surface area contributed by atoms with Crippen molar-refractivity contribution in [2.45, 2.75) is 50.3 Å². The van der Waals surface area contributed by atoms with Crippen molar-refractivity contribution < 1.29 is 14.3 Å². The number of hydrogen-bond acceptors (Lipinski definition) is 4. The molecule has 180 valence electrons. The lowest BCUT2D eigenvalue weighted by Gasteiger charge is -2.43. The third-order valence-electron chi connectivity index (χ3n) is 6.46. The monoisotopic (exact) mass is 542 g/mol. The van der Waals surface area contributed by atoms with Crippen molar-refractivity contribution in [3.05, 3.63) is 68.5 Å². The summed E-state index contributed by atoms with van der Waals surface area (Å²) < 4.78 is 6.16. The highest BCUT2D eigenvalue weighted by Crippen LogP contribution is 2.42. The number of benzene rings is 2. The van der Waals surface area contributed by atoms with Crippen LogP contribution < -0.4 is 10.1 Å². The second kappa shape index (κ2) is 11.5. The van der Waals surface area contributed by atoms with E-state index in [2.05, 4.69) is 52.4 Å². The maximum absolute atomic E-state index is 13.5. The van der Waals surface area contributed by atoms with E-state index < -0.39 is 0 Å². The molecular formula is C27H31BrN2O3S. The number of halogens is 1. The average Bonchev–Trinajstić information content (AvgIpc) is 2.83. The Balaban J connectivity index is 1.44. The van der Waals surface area contributed by atoms with E-state index in [0.29, 0.717) is 16.7 Å². The molecule has 1 N–H and O–H groups in total. The van der Waals surface area contributed by atoms with Gasteiger partial charge in [-0.1, -0.05) is 48.7 Å². The second-order valence-electron chi connectivity index (χ2n) is 8.93. The summed E-state index contributed by atoms with van der Waals surface area (Å²) in [6.45, 7) is 2.74. The van der Waals surface area contributed by atoms with Gasteiger partial charge in [0.1, 0.15) is 12.3 Å². The smallest absolute Gasteiger partial charge is 0.261 e. The Hall–Kier alpha value is -2.25. The fourth-order valence-electron chi connectivity index (χ4n) is 4.60. The number of thioether (sulfide) groups is 1. The van der Waals surface area contributed by atoms with Crippen LogP contribution in [0.25, 0.3) is 6.08 Å². The van der Waals surface area contributed by atoms with Crippen LogP contribution >= 0.6 is 27.7 Å². The summed E-state index contributed by atoms with van der Waals surface area (Å²) >= 11 is 5.20. The summed E-state index contributed by atoms with van der Waals surface area (Å²) in [6, 6.07) is 14.3. The molecule has 7 heteroatoms. The number of methoxy groups -OCH3 is 1. The van der Waals surface area contributed by atoms with Gasteiger partial charge < -0.3 is 15.0 Å². The van der Waals surface area contributed by atoms with Gasteiger partial charge >= 0.3 is 0 Å². The molecule has 0 bridgehead atoms. The number of fused-ring (bicyclic) bond motifs is 1. The topological polar surface area (TPSA) is 58.6 Å². The molecule has 1 aliphatic heterocycles. The Morgan fingerprint density at radius 2 is 1.97 bits per heavy atom. The molecule has 2 unspecified atom stereocenters. The largest absolute Gasteiger partial charge is 0.496 e. The Labute approximate surface area is 214 Å². The second-order valence-corrected chi connectivity index (χ2v) is 11.1. The maximum Gasteiger partial charge on any atom is 0.261 e. The minimum atomic E-state index is -0.0942. The molecule has 2 aliphatic rings. The Bertz CT molecular complexity index is 1070. The summed E-state index contributed by atoms with van der Waals surface area (Å²) in [5.41, 5.74) is 3.35. The van der Waals surface area contributed by atoms with Crippen LogP contribution in [-0.4, -0.2) is 48.2 Å². The van der Waals surface area contributed by atoms with Crippen molar-refractivity contribution in [1.82, 2.24) is 10.2 Å². The molecule has 2 fully saturated rings. The molecule has 1 saturated heterocycles. The molecule has 2 aromatic carbocycles. The minimum Gasteiger partial charge on any atom is -0.496 e. The van der Waals surface area contributed by atoms with Gasteiger partial charge in [0.15, 0.2) is 0 Å². The van der Waals surface area contributed by atoms with Gasteiger partial charge in [0.2, 0.25) is 5.91 Å². The van der Waals surface area contributed by atoms with Crippen molar-refractivity contribution >= 4 is 45.6 Å². The van der Waals surface area contributed by atoms with Crippen LogP contribution in [-0.2, 0) is 16.0 Å². The number of nitrogens with zero attached hydrogens (tertiary/aromatic N) is 1. The van der Waals surface area contributed by atoms with Crippen molar-refractivity contribution in [2.75, 3.05) is 20.2 Å². The normalized spacial score (nSPS) is 21.3. The van der Waals surface area contributed by atoms with Gasteiger partial charge in [0.25, 0.3) is 5.91 Å². The zero-order chi connectivity index (χ0) is 24.1. The molecular weight excluding hydrogens is 512 g/mol. The Morgan fingerprint density at radius 3 is 2.71 bits per heavy atom. The number of rotatable bonds is 7. The van der Waals surface area contributed by atoms with E-state index in [9.17, 15) is 9.59 Å². The van der Waals surface area contributed by atoms with Crippen molar-refractivity contribution in [3.63, 3.8) is 0 Å². The van der Waals surface area contributed by atoms with Crippen molar-refractivity contribution in [3.8, 4) is 5.75 Å². The molecule has 1 saturated carbocycles. The first-order valence-corrected chi connectivity index (χ1v) is 13.5. The predicted molar refractivity (Wildman–Crippen MR) is 142 cm³/mol. The molecule has 4 rings (SSSR count). The van der Waals surface area contributed by atoms with E-state index in [1.54, 1.807) is 18.9 Å². The van der Waals surface area contributed by atoms with Gasteiger partial charge in [-0.15, -0.1) is 11.8 Å². The summed E-state index contributed by atoms with van der Waals surface area (Å²) in [7, 11) is 1.63. The Kier molecular flexibility index (Phi) is 8.37. The number of carbonyl (C=O) groups excluding carboxylic acids is 2. The summed E-state index contributed by atoms with van der Waals surface area (Å²) in [6.07, 6.45) is 7.01. The van der Waals surface area contributed by atoms with Crippen LogP contribution in [0.3, 0.4) is 0 Å². The fourth-order valence-corrected chi connectivity index (χ4v) is 6.63. The number of carbonyl (C=O) groups is 2. The van der Waals surface area contributed by atoms with E-state index in [4.69, 9.17) is 4.74 Å². The molecule has 0 aromatic heterocycles. The quantitative estimate of drug-likeness (QED) is 0.479. The van der Waals surface area contributed by atoms with Gasteiger partial charge in [0.05, 0.1) is 16.5 Å². The average molecular weight is 544 g/mol. The predicted octanol–water partition coefficient (Wildman–Crippen LogP) is 5.35. The molecule has 0 spiro atoms. The lowest BCUT2D eigenvalue weighted by atomic mass is 9.93. The highest BCUT2D eigenvalue weighted by molar-refractivity contribution is 9.10. The van der Waals surface area contributed by atoms with Crippen LogP contribution in [0.4, 0.5) is 0 Å². The molecule has 34 heavy (non-hydrogen) atoms. The van der Waals surface area contributed by atoms with Crippen LogP contribution in [0.15, 0.2) is 51.8 Å². The third-order valence-corrected chi connectivity index (χ3v) is 8.48. The molecule has 5 nitrogen and oxygen atoms in total. The first-order chi connectivity index (χ1) is 16.4. The van der Waals surface area contributed by atoms with Gasteiger partial charge in [-0.25, -0.2) is 0 Å². The van der Waals surface area contributed by atoms with Crippen LogP contribution in [0, 0.1) is 6.92 Å². The zero-order valence-electron chi connectivity index (χ0n) is 19.7. The van der Waals surface area contributed by atoms with Gasteiger partial charge in [-0.05, 0) is 71.5 Å². The molecule has 0 radical (unpaired) electrons. The number of amides is 2. The standard InChI is InChI=1S/C27H31BrN2O3S/c1-18-7-9-19(10-8-18)13-14-29-26(31)17-30-22-5-3-4-6-24(22)34-25(27(30)32)16-20-11-12-23(33-2)21(28)15-20/h7-12,15-16,22,24H,3-6,13-14,17H2,1-2H3,(H,29,31)/b25-16+. The number of nitrogens with one attached hydrogen (secondary N) is 1. The molecule has 1 heterocycles. The van der Waals surface area contributed by atoms with E-state index in [1.807, 2.05) is 29.2 Å². The summed E-state index contributed by atoms with van der Waals surface area (Å²) in [5.74, 6) is 0.609. The maximum atomic E-state index is 13.5. The first kappa shape index (κ1) is 24.9. The fraction of sp³-hybridized carbons (Fsp3) is 0.407. The molecule has 2 amide bonds. The van der Waals surface area contributed by atoms with Crippen LogP contribution in [0.1, 0.15) is 42.4 Å². The third kappa shape index (κ3) is 6.05. The van der Waals surface area contributed by atoms with E-state index in [-0.39, 0.29) is 24.4 Å². The van der Waals surface area contributed by atoms with Crippen LogP contribution in [0.5, 0.6) is 5.75 Å². The summed E-state index contributed by atoms with van der Waals surface area (Å²) in [5, 5.41) is 3.35. The van der Waals surface area contributed by atoms with Gasteiger partial charge in [-0.2, -0.15) is 0 Å². The lowest BCUT2D eigenvalue weighted by Crippen LogP contribution is -2.54. The lowest BCUT2D eigenvalue weighted by molar-refractivity contribution is -0.135. The number of hydrogen-bond donors (Lipinski definition) is 1. The number of ether oxygens (including phenoxy) is 1. The number of aryl methyl sites for hydroxylation is 1. The zero-order valence-corrected chi connectivity index (χ0v) is 22.1. The van der Waals surface area contributed by atoms with Gasteiger partial charge in [-0.3, -0.25) is 9.59 Å². The first-order valence-electron chi connectivity index (χ1n) is 11.8. The molecule has 2 atom stereocenters. The molecule has 2 aromatic rings. The van der Waals surface area contributed by atoms with Gasteiger partial charge in [0, 0.05) is 17.8 Å². The SMILES string of the molecule is COc1ccc(/C=C2/SC3CCCCC3N(CC(=O)NCCc3ccc(C)cc3)C2=O)cc1Br. The summed E-state index contributed by atoms with van der Waals surface area (Å²) in [4.78, 5) is 28.8.